The van der Waals surface area contributed by atoms with E-state index in [0.717, 1.165) is 32.7 Å². The molecule has 1 unspecified atom stereocenters. The standard InChI is InChI=1S/C10H19F3N2/c1-9(10(11,12)13)3-2-6-15-7-4-14-5-8-15/h9,14H,2-8H2,1H3. The van der Waals surface area contributed by atoms with E-state index in [2.05, 4.69) is 10.2 Å². The van der Waals surface area contributed by atoms with Gasteiger partial charge in [0.25, 0.3) is 0 Å². The molecular formula is C10H19F3N2. The SMILES string of the molecule is CC(CCCN1CCNCC1)C(F)(F)F. The van der Waals surface area contributed by atoms with E-state index in [1.807, 2.05) is 0 Å². The molecule has 0 radical (unpaired) electrons. The molecule has 90 valence electrons. The van der Waals surface area contributed by atoms with Gasteiger partial charge in [0.2, 0.25) is 0 Å². The van der Waals surface area contributed by atoms with Crippen LogP contribution in [0.1, 0.15) is 19.8 Å². The third-order valence-corrected chi connectivity index (χ3v) is 2.88. The molecule has 5 heteroatoms. The lowest BCUT2D eigenvalue weighted by Gasteiger charge is -2.27. The molecular weight excluding hydrogens is 205 g/mol. The molecule has 1 aliphatic rings. The van der Waals surface area contributed by atoms with Gasteiger partial charge in [-0.25, -0.2) is 0 Å². The molecule has 0 amide bonds. The third-order valence-electron chi connectivity index (χ3n) is 2.88. The zero-order valence-corrected chi connectivity index (χ0v) is 9.11. The van der Waals surface area contributed by atoms with Gasteiger partial charge in [0.1, 0.15) is 0 Å². The molecule has 0 aromatic carbocycles. The van der Waals surface area contributed by atoms with Gasteiger partial charge in [0, 0.05) is 26.2 Å². The maximum Gasteiger partial charge on any atom is 0.391 e. The molecule has 1 fully saturated rings. The summed E-state index contributed by atoms with van der Waals surface area (Å²) in [7, 11) is 0. The predicted molar refractivity (Wildman–Crippen MR) is 53.8 cm³/mol. The van der Waals surface area contributed by atoms with Crippen LogP contribution in [0.25, 0.3) is 0 Å². The van der Waals surface area contributed by atoms with Crippen molar-refractivity contribution in [2.45, 2.75) is 25.9 Å². The van der Waals surface area contributed by atoms with Crippen molar-refractivity contribution in [2.75, 3.05) is 32.7 Å². The molecule has 0 aromatic heterocycles. The van der Waals surface area contributed by atoms with Gasteiger partial charge in [-0.1, -0.05) is 6.92 Å². The van der Waals surface area contributed by atoms with Gasteiger partial charge in [0.15, 0.2) is 0 Å². The molecule has 0 saturated carbocycles. The Morgan fingerprint density at radius 1 is 1.27 bits per heavy atom. The summed E-state index contributed by atoms with van der Waals surface area (Å²) >= 11 is 0. The Balaban J connectivity index is 2.10. The van der Waals surface area contributed by atoms with Gasteiger partial charge in [-0.3, -0.25) is 0 Å². The van der Waals surface area contributed by atoms with Crippen LogP contribution in [0.3, 0.4) is 0 Å². The van der Waals surface area contributed by atoms with Crippen molar-refractivity contribution in [2.24, 2.45) is 5.92 Å². The van der Waals surface area contributed by atoms with Crippen LogP contribution in [-0.2, 0) is 0 Å². The number of alkyl halides is 3. The molecule has 2 nitrogen and oxygen atoms in total. The second-order valence-corrected chi connectivity index (χ2v) is 4.18. The lowest BCUT2D eigenvalue weighted by atomic mass is 10.1. The van der Waals surface area contributed by atoms with Gasteiger partial charge in [-0.2, -0.15) is 13.2 Å². The minimum atomic E-state index is -4.02. The van der Waals surface area contributed by atoms with E-state index >= 15 is 0 Å². The fraction of sp³-hybridized carbons (Fsp3) is 1.00. The summed E-state index contributed by atoms with van der Waals surface area (Å²) in [6.45, 7) is 5.88. The quantitative estimate of drug-likeness (QED) is 0.784. The van der Waals surface area contributed by atoms with Gasteiger partial charge < -0.3 is 10.2 Å². The van der Waals surface area contributed by atoms with E-state index in [-0.39, 0.29) is 6.42 Å². The summed E-state index contributed by atoms with van der Waals surface area (Å²) in [6, 6.07) is 0. The predicted octanol–water partition coefficient (Wildman–Crippen LogP) is 1.87. The van der Waals surface area contributed by atoms with Crippen molar-refractivity contribution in [3.05, 3.63) is 0 Å². The van der Waals surface area contributed by atoms with E-state index in [0.29, 0.717) is 6.42 Å². The Morgan fingerprint density at radius 3 is 2.40 bits per heavy atom. The fourth-order valence-electron chi connectivity index (χ4n) is 1.72. The van der Waals surface area contributed by atoms with Gasteiger partial charge in [0.05, 0.1) is 5.92 Å². The Hall–Kier alpha value is -0.290. The second kappa shape index (κ2) is 5.70. The number of nitrogens with zero attached hydrogens (tertiary/aromatic N) is 1. The van der Waals surface area contributed by atoms with Crippen molar-refractivity contribution in [1.82, 2.24) is 10.2 Å². The summed E-state index contributed by atoms with van der Waals surface area (Å²) in [5.74, 6) is -1.17. The topological polar surface area (TPSA) is 15.3 Å². The van der Waals surface area contributed by atoms with Crippen LogP contribution >= 0.6 is 0 Å². The molecule has 1 heterocycles. The smallest absolute Gasteiger partial charge is 0.314 e. The van der Waals surface area contributed by atoms with Crippen molar-refractivity contribution in [3.63, 3.8) is 0 Å². The van der Waals surface area contributed by atoms with Crippen LogP contribution in [0.5, 0.6) is 0 Å². The van der Waals surface area contributed by atoms with E-state index in [9.17, 15) is 13.2 Å². The minimum absolute atomic E-state index is 0.243. The molecule has 0 bridgehead atoms. The fourth-order valence-corrected chi connectivity index (χ4v) is 1.72. The second-order valence-electron chi connectivity index (χ2n) is 4.18. The normalized spacial score (nSPS) is 21.6. The summed E-state index contributed by atoms with van der Waals surface area (Å²) in [5.41, 5.74) is 0. The largest absolute Gasteiger partial charge is 0.391 e. The summed E-state index contributed by atoms with van der Waals surface area (Å²) in [6.07, 6.45) is -3.14. The zero-order chi connectivity index (χ0) is 11.3. The van der Waals surface area contributed by atoms with Gasteiger partial charge in [-0.05, 0) is 19.4 Å². The van der Waals surface area contributed by atoms with E-state index in [1.54, 1.807) is 0 Å². The first-order valence-corrected chi connectivity index (χ1v) is 5.50. The maximum atomic E-state index is 12.2. The highest BCUT2D eigenvalue weighted by Crippen LogP contribution is 2.29. The van der Waals surface area contributed by atoms with E-state index in [1.165, 1.54) is 6.92 Å². The lowest BCUT2D eigenvalue weighted by molar-refractivity contribution is -0.171. The van der Waals surface area contributed by atoms with Crippen LogP contribution in [-0.4, -0.2) is 43.8 Å². The monoisotopic (exact) mass is 224 g/mol. The molecule has 15 heavy (non-hydrogen) atoms. The Labute approximate surface area is 88.8 Å². The number of nitrogens with one attached hydrogen (secondary N) is 1. The average molecular weight is 224 g/mol. The Bertz CT molecular complexity index is 176. The number of rotatable bonds is 4. The van der Waals surface area contributed by atoms with Crippen LogP contribution in [0.15, 0.2) is 0 Å². The van der Waals surface area contributed by atoms with Gasteiger partial charge in [-0.15, -0.1) is 0 Å². The van der Waals surface area contributed by atoms with Crippen LogP contribution in [0, 0.1) is 5.92 Å². The molecule has 0 aliphatic carbocycles. The van der Waals surface area contributed by atoms with Crippen molar-refractivity contribution in [3.8, 4) is 0 Å². The molecule has 1 N–H and O–H groups in total. The highest BCUT2D eigenvalue weighted by atomic mass is 19.4. The average Bonchev–Trinajstić information content (AvgIpc) is 2.18. The van der Waals surface area contributed by atoms with E-state index in [4.69, 9.17) is 0 Å². The lowest BCUT2D eigenvalue weighted by Crippen LogP contribution is -2.43. The maximum absolute atomic E-state index is 12.2. The Morgan fingerprint density at radius 2 is 1.87 bits per heavy atom. The molecule has 0 spiro atoms. The Kier molecular flexibility index (Phi) is 4.86. The number of hydrogen-bond donors (Lipinski definition) is 1. The molecule has 0 aromatic rings. The number of piperazine rings is 1. The highest BCUT2D eigenvalue weighted by molar-refractivity contribution is 4.69. The van der Waals surface area contributed by atoms with Crippen LogP contribution in [0.2, 0.25) is 0 Å². The summed E-state index contributed by atoms with van der Waals surface area (Å²) in [4.78, 5) is 2.22. The van der Waals surface area contributed by atoms with Crippen LogP contribution in [0.4, 0.5) is 13.2 Å². The highest BCUT2D eigenvalue weighted by Gasteiger charge is 2.35. The van der Waals surface area contributed by atoms with Crippen LogP contribution < -0.4 is 5.32 Å². The molecule has 1 rings (SSSR count). The number of halogens is 3. The molecule has 1 saturated heterocycles. The first-order valence-electron chi connectivity index (χ1n) is 5.50. The van der Waals surface area contributed by atoms with E-state index < -0.39 is 12.1 Å². The van der Waals surface area contributed by atoms with Crippen molar-refractivity contribution in [1.29, 1.82) is 0 Å². The van der Waals surface area contributed by atoms with Crippen molar-refractivity contribution < 1.29 is 13.2 Å². The van der Waals surface area contributed by atoms with Crippen molar-refractivity contribution >= 4 is 0 Å². The third kappa shape index (κ3) is 4.84. The first-order chi connectivity index (χ1) is 7.00. The van der Waals surface area contributed by atoms with Gasteiger partial charge >= 0.3 is 6.18 Å². The zero-order valence-electron chi connectivity index (χ0n) is 9.11. The summed E-state index contributed by atoms with van der Waals surface area (Å²) in [5, 5.41) is 3.22. The first kappa shape index (κ1) is 12.8. The molecule has 1 atom stereocenters. The molecule has 1 aliphatic heterocycles. The summed E-state index contributed by atoms with van der Waals surface area (Å²) < 4.78 is 36.6. The number of hydrogen-bond acceptors (Lipinski definition) is 2. The minimum Gasteiger partial charge on any atom is -0.314 e.